The fourth-order valence-electron chi connectivity index (χ4n) is 3.13. The van der Waals surface area contributed by atoms with E-state index in [0.717, 1.165) is 17.7 Å². The van der Waals surface area contributed by atoms with Crippen LogP contribution in [0.4, 0.5) is 17.1 Å². The van der Waals surface area contributed by atoms with Crippen molar-refractivity contribution in [1.82, 2.24) is 5.32 Å². The molecule has 0 heterocycles. The van der Waals surface area contributed by atoms with Crippen LogP contribution in [0.5, 0.6) is 5.75 Å². The summed E-state index contributed by atoms with van der Waals surface area (Å²) in [5.74, 6) is -1.71. The van der Waals surface area contributed by atoms with Crippen LogP contribution in [0.3, 0.4) is 0 Å². The molecule has 3 rings (SSSR count). The van der Waals surface area contributed by atoms with Gasteiger partial charge in [0.15, 0.2) is 5.75 Å². The Hall–Kier alpha value is -4.77. The summed E-state index contributed by atoms with van der Waals surface area (Å²) in [7, 11) is 1.25. The Balaban J connectivity index is 2.01. The number of anilines is 1. The van der Waals surface area contributed by atoms with Crippen molar-refractivity contribution in [2.24, 2.45) is 0 Å². The molecular weight excluding hydrogens is 492 g/mol. The quantitative estimate of drug-likeness (QED) is 0.248. The maximum atomic E-state index is 13.1. The average molecular weight is 511 g/mol. The lowest BCUT2D eigenvalue weighted by Crippen LogP contribution is -2.30. The Labute approximate surface area is 209 Å². The summed E-state index contributed by atoms with van der Waals surface area (Å²) in [6.45, 7) is 1.78. The number of hydrogen-bond acceptors (Lipinski definition) is 7. The maximum Gasteiger partial charge on any atom is 0.311 e. The zero-order valence-corrected chi connectivity index (χ0v) is 19.7. The molecule has 0 aromatic heterocycles. The van der Waals surface area contributed by atoms with Gasteiger partial charge in [-0.1, -0.05) is 29.8 Å². The monoisotopic (exact) mass is 510 g/mol. The summed E-state index contributed by atoms with van der Waals surface area (Å²) in [4.78, 5) is 47.5. The molecule has 2 amide bonds. The number of nitro benzene ring substituents is 2. The number of nitro groups is 2. The van der Waals surface area contributed by atoms with E-state index in [1.165, 1.54) is 49.6 Å². The lowest BCUT2D eigenvalue weighted by molar-refractivity contribution is -0.385. The third-order valence-corrected chi connectivity index (χ3v) is 5.40. The van der Waals surface area contributed by atoms with Gasteiger partial charge in [0.2, 0.25) is 0 Å². The molecule has 2 N–H and O–H groups in total. The fraction of sp³-hybridized carbons (Fsp3) is 0.0833. The molecule has 184 valence electrons. The molecule has 0 saturated carbocycles. The number of carbonyl (C=O) groups is 2. The van der Waals surface area contributed by atoms with Crippen molar-refractivity contribution in [3.8, 4) is 5.75 Å². The number of methoxy groups -OCH3 is 1. The standard InChI is InChI=1S/C24H19ClN4O7/c1-14-7-9-17(13-18(14)25)26-24(31)19(11-15-5-3-4-6-20(15)28(32)33)27-23(30)16-8-10-22(36-2)21(12-16)29(34)35/h3-13H,1-2H3,(H,26,31)(H,27,30)/b19-11-. The van der Waals surface area contributed by atoms with E-state index >= 15 is 0 Å². The number of rotatable bonds is 8. The number of carbonyl (C=O) groups excluding carboxylic acids is 2. The Kier molecular flexibility index (Phi) is 7.97. The van der Waals surface area contributed by atoms with E-state index in [0.29, 0.717) is 10.7 Å². The van der Waals surface area contributed by atoms with E-state index in [4.69, 9.17) is 16.3 Å². The number of nitrogens with zero attached hydrogens (tertiary/aromatic N) is 2. The largest absolute Gasteiger partial charge is 0.490 e. The van der Waals surface area contributed by atoms with E-state index in [1.54, 1.807) is 19.1 Å². The summed E-state index contributed by atoms with van der Waals surface area (Å²) in [6.07, 6.45) is 1.14. The molecule has 11 nitrogen and oxygen atoms in total. The fourth-order valence-corrected chi connectivity index (χ4v) is 3.31. The van der Waals surface area contributed by atoms with Gasteiger partial charge in [-0.3, -0.25) is 29.8 Å². The van der Waals surface area contributed by atoms with Crippen LogP contribution in [0.2, 0.25) is 5.02 Å². The second kappa shape index (κ2) is 11.1. The molecule has 0 atom stereocenters. The third kappa shape index (κ3) is 6.02. The molecule has 0 bridgehead atoms. The van der Waals surface area contributed by atoms with Crippen molar-refractivity contribution in [1.29, 1.82) is 0 Å². The topological polar surface area (TPSA) is 154 Å². The van der Waals surface area contributed by atoms with Crippen LogP contribution in [0.1, 0.15) is 21.5 Å². The van der Waals surface area contributed by atoms with Gasteiger partial charge in [0.05, 0.1) is 22.5 Å². The highest BCUT2D eigenvalue weighted by Gasteiger charge is 2.22. The Morgan fingerprint density at radius 1 is 0.972 bits per heavy atom. The van der Waals surface area contributed by atoms with Crippen molar-refractivity contribution >= 4 is 46.6 Å². The normalized spacial score (nSPS) is 10.9. The Morgan fingerprint density at radius 3 is 2.31 bits per heavy atom. The molecular formula is C24H19ClN4O7. The van der Waals surface area contributed by atoms with E-state index < -0.39 is 27.3 Å². The second-order valence-corrected chi connectivity index (χ2v) is 7.80. The highest BCUT2D eigenvalue weighted by Crippen LogP contribution is 2.28. The maximum absolute atomic E-state index is 13.1. The first-order valence-corrected chi connectivity index (χ1v) is 10.6. The molecule has 0 radical (unpaired) electrons. The molecule has 0 aliphatic carbocycles. The number of ether oxygens (including phenoxy) is 1. The van der Waals surface area contributed by atoms with Gasteiger partial charge in [-0.15, -0.1) is 0 Å². The van der Waals surface area contributed by atoms with Crippen molar-refractivity contribution in [3.05, 3.63) is 108 Å². The van der Waals surface area contributed by atoms with Gasteiger partial charge in [0.1, 0.15) is 5.70 Å². The highest BCUT2D eigenvalue weighted by molar-refractivity contribution is 6.31. The predicted molar refractivity (Wildman–Crippen MR) is 133 cm³/mol. The first-order chi connectivity index (χ1) is 17.1. The van der Waals surface area contributed by atoms with Crippen molar-refractivity contribution in [2.45, 2.75) is 6.92 Å². The minimum absolute atomic E-state index is 0.0515. The summed E-state index contributed by atoms with van der Waals surface area (Å²) >= 11 is 6.12. The molecule has 0 spiro atoms. The van der Waals surface area contributed by atoms with Crippen LogP contribution in [-0.4, -0.2) is 28.8 Å². The lowest BCUT2D eigenvalue weighted by atomic mass is 10.1. The third-order valence-electron chi connectivity index (χ3n) is 4.99. The van der Waals surface area contributed by atoms with Crippen LogP contribution in [0.15, 0.2) is 66.4 Å². The number of halogens is 1. The number of para-hydroxylation sites is 1. The molecule has 0 aliphatic rings. The first-order valence-electron chi connectivity index (χ1n) is 10.3. The molecule has 36 heavy (non-hydrogen) atoms. The molecule has 0 aliphatic heterocycles. The minimum Gasteiger partial charge on any atom is -0.490 e. The zero-order chi connectivity index (χ0) is 26.4. The van der Waals surface area contributed by atoms with Crippen LogP contribution in [-0.2, 0) is 4.79 Å². The molecule has 0 unspecified atom stereocenters. The van der Waals surface area contributed by atoms with Crippen molar-refractivity contribution in [2.75, 3.05) is 12.4 Å². The van der Waals surface area contributed by atoms with Gasteiger partial charge >= 0.3 is 5.69 Å². The number of aryl methyl sites for hydroxylation is 1. The molecule has 12 heteroatoms. The SMILES string of the molecule is COc1ccc(C(=O)N/C(=C\c2ccccc2[N+](=O)[O-])C(=O)Nc2ccc(C)c(Cl)c2)cc1[N+](=O)[O-]. The average Bonchev–Trinajstić information content (AvgIpc) is 2.85. The summed E-state index contributed by atoms with van der Waals surface area (Å²) in [5, 5.41) is 28.1. The molecule has 0 saturated heterocycles. The number of hydrogen-bond donors (Lipinski definition) is 2. The lowest BCUT2D eigenvalue weighted by Gasteiger charge is -2.12. The minimum atomic E-state index is -0.859. The number of benzene rings is 3. The van der Waals surface area contributed by atoms with Gasteiger partial charge in [0.25, 0.3) is 17.5 Å². The van der Waals surface area contributed by atoms with E-state index in [9.17, 15) is 29.8 Å². The van der Waals surface area contributed by atoms with Gasteiger partial charge in [-0.05, 0) is 48.9 Å². The van der Waals surface area contributed by atoms with Crippen LogP contribution in [0, 0.1) is 27.2 Å². The van der Waals surface area contributed by atoms with Crippen LogP contribution >= 0.6 is 11.6 Å². The zero-order valence-electron chi connectivity index (χ0n) is 19.0. The number of nitrogens with one attached hydrogen (secondary N) is 2. The molecule has 3 aromatic carbocycles. The number of amides is 2. The predicted octanol–water partition coefficient (Wildman–Crippen LogP) is 4.88. The van der Waals surface area contributed by atoms with E-state index in [-0.39, 0.29) is 28.3 Å². The van der Waals surface area contributed by atoms with Gasteiger partial charge < -0.3 is 15.4 Å². The summed E-state index contributed by atoms with van der Waals surface area (Å²) in [5.41, 5.74) is -0.0796. The van der Waals surface area contributed by atoms with E-state index in [2.05, 4.69) is 10.6 Å². The molecule has 3 aromatic rings. The van der Waals surface area contributed by atoms with E-state index in [1.807, 2.05) is 0 Å². The van der Waals surface area contributed by atoms with Gasteiger partial charge in [0, 0.05) is 28.4 Å². The van der Waals surface area contributed by atoms with Crippen LogP contribution < -0.4 is 15.4 Å². The molecule has 0 fully saturated rings. The summed E-state index contributed by atoms with van der Waals surface area (Å²) in [6, 6.07) is 13.9. The highest BCUT2D eigenvalue weighted by atomic mass is 35.5. The van der Waals surface area contributed by atoms with Gasteiger partial charge in [-0.25, -0.2) is 0 Å². The Morgan fingerprint density at radius 2 is 1.67 bits per heavy atom. The van der Waals surface area contributed by atoms with Gasteiger partial charge in [-0.2, -0.15) is 0 Å². The summed E-state index contributed by atoms with van der Waals surface area (Å²) < 4.78 is 4.94. The second-order valence-electron chi connectivity index (χ2n) is 7.39. The Bertz CT molecular complexity index is 1400. The van der Waals surface area contributed by atoms with Crippen molar-refractivity contribution in [3.63, 3.8) is 0 Å². The van der Waals surface area contributed by atoms with Crippen LogP contribution in [0.25, 0.3) is 6.08 Å². The van der Waals surface area contributed by atoms with Crippen molar-refractivity contribution < 1.29 is 24.2 Å². The smallest absolute Gasteiger partial charge is 0.311 e. The first kappa shape index (κ1) is 25.8.